The van der Waals surface area contributed by atoms with Crippen LogP contribution in [0.15, 0.2) is 24.3 Å². The SMILES string of the molecule is CN(Cc1ccc(CC(=O)NN)cc1)CC(C)(C)O. The van der Waals surface area contributed by atoms with Crippen molar-refractivity contribution >= 4 is 5.91 Å². The van der Waals surface area contributed by atoms with Gasteiger partial charge in [0.1, 0.15) is 0 Å². The molecule has 0 atom stereocenters. The van der Waals surface area contributed by atoms with Gasteiger partial charge in [0.2, 0.25) is 5.91 Å². The zero-order valence-electron chi connectivity index (χ0n) is 11.8. The van der Waals surface area contributed by atoms with Crippen molar-refractivity contribution in [3.63, 3.8) is 0 Å². The van der Waals surface area contributed by atoms with E-state index in [1.54, 1.807) is 13.8 Å². The maximum Gasteiger partial charge on any atom is 0.238 e. The molecule has 0 heterocycles. The summed E-state index contributed by atoms with van der Waals surface area (Å²) < 4.78 is 0. The van der Waals surface area contributed by atoms with Gasteiger partial charge in [0.15, 0.2) is 0 Å². The lowest BCUT2D eigenvalue weighted by Crippen LogP contribution is -2.35. The number of hydrogen-bond acceptors (Lipinski definition) is 4. The second kappa shape index (κ2) is 6.65. The van der Waals surface area contributed by atoms with E-state index in [0.717, 1.165) is 17.7 Å². The lowest BCUT2D eigenvalue weighted by molar-refractivity contribution is -0.120. The summed E-state index contributed by atoms with van der Waals surface area (Å²) in [5, 5.41) is 9.74. The fraction of sp³-hybridized carbons (Fsp3) is 0.500. The smallest absolute Gasteiger partial charge is 0.238 e. The van der Waals surface area contributed by atoms with Crippen molar-refractivity contribution in [1.29, 1.82) is 0 Å². The Kier molecular flexibility index (Phi) is 5.47. The minimum Gasteiger partial charge on any atom is -0.389 e. The lowest BCUT2D eigenvalue weighted by atomic mass is 10.1. The summed E-state index contributed by atoms with van der Waals surface area (Å²) in [5.41, 5.74) is 3.48. The van der Waals surface area contributed by atoms with Crippen molar-refractivity contribution in [1.82, 2.24) is 10.3 Å². The Morgan fingerprint density at radius 1 is 1.32 bits per heavy atom. The number of hydrazine groups is 1. The fourth-order valence-corrected chi connectivity index (χ4v) is 2.03. The number of hydrogen-bond donors (Lipinski definition) is 3. The quantitative estimate of drug-likeness (QED) is 0.396. The Labute approximate surface area is 114 Å². The van der Waals surface area contributed by atoms with E-state index in [2.05, 4.69) is 10.3 Å². The number of carbonyl (C=O) groups is 1. The van der Waals surface area contributed by atoms with E-state index in [4.69, 9.17) is 5.84 Å². The van der Waals surface area contributed by atoms with Gasteiger partial charge >= 0.3 is 0 Å². The van der Waals surface area contributed by atoms with Crippen molar-refractivity contribution in [3.8, 4) is 0 Å². The molecule has 1 rings (SSSR count). The van der Waals surface area contributed by atoms with E-state index in [-0.39, 0.29) is 12.3 Å². The van der Waals surface area contributed by atoms with E-state index >= 15 is 0 Å². The zero-order valence-corrected chi connectivity index (χ0v) is 11.8. The summed E-state index contributed by atoms with van der Waals surface area (Å²) in [6, 6.07) is 7.81. The van der Waals surface area contributed by atoms with Crippen molar-refractivity contribution in [2.24, 2.45) is 5.84 Å². The van der Waals surface area contributed by atoms with Crippen molar-refractivity contribution in [3.05, 3.63) is 35.4 Å². The van der Waals surface area contributed by atoms with E-state index in [1.165, 1.54) is 0 Å². The maximum atomic E-state index is 11.1. The molecule has 0 aliphatic rings. The molecule has 0 unspecified atom stereocenters. The average molecular weight is 265 g/mol. The Morgan fingerprint density at radius 2 is 1.84 bits per heavy atom. The van der Waals surface area contributed by atoms with Gasteiger partial charge in [-0.2, -0.15) is 0 Å². The molecule has 0 saturated heterocycles. The van der Waals surface area contributed by atoms with Crippen LogP contribution in [0.2, 0.25) is 0 Å². The van der Waals surface area contributed by atoms with Crippen LogP contribution in [0.5, 0.6) is 0 Å². The molecule has 5 heteroatoms. The second-order valence-electron chi connectivity index (χ2n) is 5.55. The molecule has 0 saturated carbocycles. The number of likely N-dealkylation sites (N-methyl/N-ethyl adjacent to an activating group) is 1. The highest BCUT2D eigenvalue weighted by atomic mass is 16.3. The molecule has 0 radical (unpaired) electrons. The molecule has 0 aromatic heterocycles. The first-order chi connectivity index (χ1) is 8.80. The average Bonchev–Trinajstić information content (AvgIpc) is 2.29. The molecule has 5 nitrogen and oxygen atoms in total. The van der Waals surface area contributed by atoms with Gasteiger partial charge in [0.25, 0.3) is 0 Å². The molecule has 1 aromatic carbocycles. The lowest BCUT2D eigenvalue weighted by Gasteiger charge is -2.25. The number of nitrogens with zero attached hydrogens (tertiary/aromatic N) is 1. The monoisotopic (exact) mass is 265 g/mol. The molecular formula is C14H23N3O2. The number of nitrogens with two attached hydrogens (primary N) is 1. The van der Waals surface area contributed by atoms with Gasteiger partial charge < -0.3 is 5.11 Å². The fourth-order valence-electron chi connectivity index (χ4n) is 2.03. The van der Waals surface area contributed by atoms with Gasteiger partial charge in [-0.3, -0.25) is 15.1 Å². The summed E-state index contributed by atoms with van der Waals surface area (Å²) in [6.07, 6.45) is 0.288. The van der Waals surface area contributed by atoms with Crippen LogP contribution in [0.25, 0.3) is 0 Å². The molecule has 0 aliphatic heterocycles. The van der Waals surface area contributed by atoms with Crippen LogP contribution in [-0.2, 0) is 17.8 Å². The first kappa shape index (κ1) is 15.6. The third-order valence-electron chi connectivity index (χ3n) is 2.66. The first-order valence-corrected chi connectivity index (χ1v) is 6.28. The first-order valence-electron chi connectivity index (χ1n) is 6.28. The predicted molar refractivity (Wildman–Crippen MR) is 75.1 cm³/mol. The predicted octanol–water partition coefficient (Wildman–Crippen LogP) is 0.422. The van der Waals surface area contributed by atoms with Crippen LogP contribution in [0, 0.1) is 0 Å². The summed E-state index contributed by atoms with van der Waals surface area (Å²) in [7, 11) is 1.97. The van der Waals surface area contributed by atoms with Crippen molar-refractivity contribution < 1.29 is 9.90 Å². The number of carbonyl (C=O) groups excluding carboxylic acids is 1. The second-order valence-corrected chi connectivity index (χ2v) is 5.55. The van der Waals surface area contributed by atoms with Crippen LogP contribution in [0.3, 0.4) is 0 Å². The zero-order chi connectivity index (χ0) is 14.5. The minimum absolute atomic E-state index is 0.202. The molecule has 1 amide bonds. The van der Waals surface area contributed by atoms with Crippen LogP contribution >= 0.6 is 0 Å². The van der Waals surface area contributed by atoms with Crippen molar-refractivity contribution in [2.75, 3.05) is 13.6 Å². The van der Waals surface area contributed by atoms with Crippen LogP contribution in [-0.4, -0.2) is 35.1 Å². The largest absolute Gasteiger partial charge is 0.389 e. The van der Waals surface area contributed by atoms with Crippen molar-refractivity contribution in [2.45, 2.75) is 32.4 Å². The van der Waals surface area contributed by atoms with Gasteiger partial charge in [-0.05, 0) is 32.0 Å². The molecule has 0 spiro atoms. The number of nitrogens with one attached hydrogen (secondary N) is 1. The van der Waals surface area contributed by atoms with Crippen LogP contribution in [0.4, 0.5) is 0 Å². The minimum atomic E-state index is -0.700. The van der Waals surface area contributed by atoms with E-state index < -0.39 is 5.60 Å². The van der Waals surface area contributed by atoms with E-state index in [0.29, 0.717) is 6.54 Å². The molecule has 19 heavy (non-hydrogen) atoms. The number of aliphatic hydroxyl groups is 1. The van der Waals surface area contributed by atoms with E-state index in [1.807, 2.05) is 31.3 Å². The Bertz CT molecular complexity index is 410. The topological polar surface area (TPSA) is 78.6 Å². The maximum absolute atomic E-state index is 11.1. The normalized spacial score (nSPS) is 11.7. The van der Waals surface area contributed by atoms with Gasteiger partial charge in [-0.15, -0.1) is 0 Å². The van der Waals surface area contributed by atoms with Crippen LogP contribution in [0.1, 0.15) is 25.0 Å². The molecule has 106 valence electrons. The number of benzene rings is 1. The van der Waals surface area contributed by atoms with Crippen LogP contribution < -0.4 is 11.3 Å². The molecule has 1 aromatic rings. The Hall–Kier alpha value is -1.43. The molecule has 4 N–H and O–H groups in total. The van der Waals surface area contributed by atoms with Gasteiger partial charge in [-0.1, -0.05) is 24.3 Å². The standard InChI is InChI=1S/C14H23N3O2/c1-14(2,19)10-17(3)9-12-6-4-11(5-7-12)8-13(18)16-15/h4-7,19H,8-10,15H2,1-3H3,(H,16,18). The Balaban J connectivity index is 2.54. The molecule has 0 aliphatic carbocycles. The van der Waals surface area contributed by atoms with Gasteiger partial charge in [0, 0.05) is 13.1 Å². The summed E-state index contributed by atoms with van der Waals surface area (Å²) >= 11 is 0. The molecule has 0 fully saturated rings. The third-order valence-corrected chi connectivity index (χ3v) is 2.66. The molecular weight excluding hydrogens is 242 g/mol. The highest BCUT2D eigenvalue weighted by molar-refractivity contribution is 5.77. The number of amides is 1. The summed E-state index contributed by atoms with van der Waals surface area (Å²) in [6.45, 7) is 4.94. The number of rotatable bonds is 6. The molecule has 0 bridgehead atoms. The highest BCUT2D eigenvalue weighted by Crippen LogP contribution is 2.10. The highest BCUT2D eigenvalue weighted by Gasteiger charge is 2.15. The summed E-state index contributed by atoms with van der Waals surface area (Å²) in [4.78, 5) is 13.2. The van der Waals surface area contributed by atoms with Gasteiger partial charge in [-0.25, -0.2) is 5.84 Å². The third kappa shape index (κ3) is 6.33. The summed E-state index contributed by atoms with van der Waals surface area (Å²) in [5.74, 6) is 4.84. The van der Waals surface area contributed by atoms with Gasteiger partial charge in [0.05, 0.1) is 12.0 Å². The van der Waals surface area contributed by atoms with E-state index in [9.17, 15) is 9.90 Å². The Morgan fingerprint density at radius 3 is 2.32 bits per heavy atom.